The number of rotatable bonds is 4. The molecule has 0 heterocycles. The molecule has 0 aliphatic heterocycles. The highest BCUT2D eigenvalue weighted by Crippen LogP contribution is 2.34. The number of hydrogen-bond acceptors (Lipinski definition) is 3. The summed E-state index contributed by atoms with van der Waals surface area (Å²) in [6.45, 7) is 0. The van der Waals surface area contributed by atoms with Gasteiger partial charge in [0, 0.05) is 25.8 Å². The van der Waals surface area contributed by atoms with E-state index in [0.717, 1.165) is 6.29 Å². The molecule has 0 amide bonds. The first-order valence-corrected chi connectivity index (χ1v) is 4.93. The van der Waals surface area contributed by atoms with Crippen LogP contribution >= 0.6 is 0 Å². The smallest absolute Gasteiger partial charge is 0.138 e. The van der Waals surface area contributed by atoms with Crippen molar-refractivity contribution in [2.75, 3.05) is 14.2 Å². The zero-order valence-corrected chi connectivity index (χ0v) is 9.00. The molecule has 15 heavy (non-hydrogen) atoms. The summed E-state index contributed by atoms with van der Waals surface area (Å²) in [5.41, 5.74) is 0. The van der Waals surface area contributed by atoms with E-state index in [2.05, 4.69) is 5.32 Å². The fourth-order valence-electron chi connectivity index (χ4n) is 1.72. The molecular weight excluding hydrogens is 197 g/mol. The molecule has 1 N–H and O–H groups in total. The summed E-state index contributed by atoms with van der Waals surface area (Å²) in [6, 6.07) is 0. The quantitative estimate of drug-likeness (QED) is 0.723. The number of methoxy groups -OCH3 is 1. The Labute approximate surface area is 89.0 Å². The third-order valence-electron chi connectivity index (χ3n) is 2.62. The molecule has 0 aromatic heterocycles. The van der Waals surface area contributed by atoms with Crippen LogP contribution in [0.1, 0.15) is 12.8 Å². The molecule has 0 saturated heterocycles. The third-order valence-corrected chi connectivity index (χ3v) is 2.62. The lowest BCUT2D eigenvalue weighted by molar-refractivity contribution is -0.112. The van der Waals surface area contributed by atoms with Crippen molar-refractivity contribution in [1.29, 1.82) is 0 Å². The molecule has 0 radical (unpaired) electrons. The van der Waals surface area contributed by atoms with Crippen molar-refractivity contribution in [2.45, 2.75) is 12.8 Å². The molecule has 0 fully saturated rings. The Morgan fingerprint density at radius 3 is 2.73 bits per heavy atom. The predicted molar refractivity (Wildman–Crippen MR) is 55.6 cm³/mol. The van der Waals surface area contributed by atoms with Gasteiger partial charge in [-0.2, -0.15) is 0 Å². The molecule has 2 atom stereocenters. The Morgan fingerprint density at radius 1 is 1.47 bits per heavy atom. The molecular formula is C11H16FNO2. The summed E-state index contributed by atoms with van der Waals surface area (Å²) in [7, 11) is 3.23. The summed E-state index contributed by atoms with van der Waals surface area (Å²) < 4.78 is 18.3. The topological polar surface area (TPSA) is 38.3 Å². The predicted octanol–water partition coefficient (Wildman–Crippen LogP) is 1.77. The molecule has 84 valence electrons. The summed E-state index contributed by atoms with van der Waals surface area (Å²) >= 11 is 0. The van der Waals surface area contributed by atoms with Crippen molar-refractivity contribution in [3.05, 3.63) is 23.9 Å². The second-order valence-electron chi connectivity index (χ2n) is 3.55. The van der Waals surface area contributed by atoms with Crippen LogP contribution in [0, 0.1) is 11.8 Å². The molecule has 1 unspecified atom stereocenters. The molecule has 3 nitrogen and oxygen atoms in total. The van der Waals surface area contributed by atoms with Crippen LogP contribution in [0.25, 0.3) is 0 Å². The van der Waals surface area contributed by atoms with E-state index in [1.54, 1.807) is 13.2 Å². The van der Waals surface area contributed by atoms with Gasteiger partial charge >= 0.3 is 0 Å². The Kier molecular flexibility index (Phi) is 4.34. The zero-order valence-electron chi connectivity index (χ0n) is 9.00. The van der Waals surface area contributed by atoms with Crippen LogP contribution in [-0.4, -0.2) is 20.4 Å². The molecule has 1 aliphatic carbocycles. The van der Waals surface area contributed by atoms with Crippen LogP contribution in [0.15, 0.2) is 23.9 Å². The highest BCUT2D eigenvalue weighted by Gasteiger charge is 2.29. The van der Waals surface area contributed by atoms with Gasteiger partial charge < -0.3 is 14.8 Å². The monoisotopic (exact) mass is 213 g/mol. The lowest BCUT2D eigenvalue weighted by Gasteiger charge is -2.25. The van der Waals surface area contributed by atoms with Gasteiger partial charge in [0.25, 0.3) is 0 Å². The third kappa shape index (κ3) is 2.81. The fourth-order valence-corrected chi connectivity index (χ4v) is 1.72. The summed E-state index contributed by atoms with van der Waals surface area (Å²) in [6.07, 6.45) is 5.05. The number of nitrogens with one attached hydrogen (secondary N) is 1. The number of aldehydes is 1. The highest BCUT2D eigenvalue weighted by atomic mass is 19.1. The first kappa shape index (κ1) is 11.8. The van der Waals surface area contributed by atoms with Gasteiger partial charge in [-0.3, -0.25) is 0 Å². The maximum atomic E-state index is 13.3. The summed E-state index contributed by atoms with van der Waals surface area (Å²) in [5, 5.41) is 2.86. The van der Waals surface area contributed by atoms with Crippen LogP contribution in [-0.2, 0) is 9.53 Å². The van der Waals surface area contributed by atoms with Crippen molar-refractivity contribution in [3.8, 4) is 0 Å². The number of halogens is 1. The molecule has 0 spiro atoms. The SMILES string of the molecule is CN/C=C\[C@H]1CC(OC)=C(F)CC1C=O. The van der Waals surface area contributed by atoms with Gasteiger partial charge in [-0.05, 0) is 12.1 Å². The number of carbonyl (C=O) groups excluding carboxylic acids is 1. The average molecular weight is 213 g/mol. The number of allylic oxidation sites excluding steroid dienone is 3. The molecule has 1 aliphatic rings. The minimum Gasteiger partial charge on any atom is -0.498 e. The van der Waals surface area contributed by atoms with E-state index in [0.29, 0.717) is 12.2 Å². The Hall–Kier alpha value is -1.32. The van der Waals surface area contributed by atoms with Gasteiger partial charge in [0.2, 0.25) is 0 Å². The molecule has 1 rings (SSSR count). The van der Waals surface area contributed by atoms with Crippen LogP contribution in [0.3, 0.4) is 0 Å². The molecule has 0 bridgehead atoms. The van der Waals surface area contributed by atoms with Gasteiger partial charge in [-0.15, -0.1) is 0 Å². The van der Waals surface area contributed by atoms with Gasteiger partial charge in [0.15, 0.2) is 0 Å². The van der Waals surface area contributed by atoms with Crippen molar-refractivity contribution in [3.63, 3.8) is 0 Å². The van der Waals surface area contributed by atoms with E-state index in [9.17, 15) is 9.18 Å². The molecule has 4 heteroatoms. The van der Waals surface area contributed by atoms with Gasteiger partial charge in [0.05, 0.1) is 7.11 Å². The maximum Gasteiger partial charge on any atom is 0.138 e. The van der Waals surface area contributed by atoms with Crippen molar-refractivity contribution in [1.82, 2.24) is 5.32 Å². The van der Waals surface area contributed by atoms with Gasteiger partial charge in [0.1, 0.15) is 17.9 Å². The van der Waals surface area contributed by atoms with Crippen molar-refractivity contribution in [2.24, 2.45) is 11.8 Å². The van der Waals surface area contributed by atoms with E-state index >= 15 is 0 Å². The zero-order chi connectivity index (χ0) is 11.3. The van der Waals surface area contributed by atoms with Gasteiger partial charge in [-0.25, -0.2) is 4.39 Å². The van der Waals surface area contributed by atoms with E-state index in [1.807, 2.05) is 6.08 Å². The highest BCUT2D eigenvalue weighted by molar-refractivity contribution is 5.56. The van der Waals surface area contributed by atoms with Crippen molar-refractivity contribution >= 4 is 6.29 Å². The second-order valence-corrected chi connectivity index (χ2v) is 3.55. The molecule has 0 aromatic rings. The Balaban J connectivity index is 2.79. The largest absolute Gasteiger partial charge is 0.498 e. The Morgan fingerprint density at radius 2 is 2.20 bits per heavy atom. The fraction of sp³-hybridized carbons (Fsp3) is 0.545. The van der Waals surface area contributed by atoms with E-state index in [1.165, 1.54) is 7.11 Å². The van der Waals surface area contributed by atoms with E-state index in [-0.39, 0.29) is 24.1 Å². The lowest BCUT2D eigenvalue weighted by Crippen LogP contribution is -2.21. The molecule has 0 saturated carbocycles. The number of ether oxygens (including phenoxy) is 1. The number of hydrogen-bond donors (Lipinski definition) is 1. The van der Waals surface area contributed by atoms with E-state index in [4.69, 9.17) is 4.74 Å². The van der Waals surface area contributed by atoms with Crippen molar-refractivity contribution < 1.29 is 13.9 Å². The van der Waals surface area contributed by atoms with Crippen LogP contribution in [0.5, 0.6) is 0 Å². The lowest BCUT2D eigenvalue weighted by atomic mass is 9.82. The summed E-state index contributed by atoms with van der Waals surface area (Å²) in [5.74, 6) is -0.208. The second kappa shape index (κ2) is 5.53. The van der Waals surface area contributed by atoms with Gasteiger partial charge in [-0.1, -0.05) is 6.08 Å². The first-order chi connectivity index (χ1) is 7.22. The average Bonchev–Trinajstić information content (AvgIpc) is 2.26. The van der Waals surface area contributed by atoms with Crippen LogP contribution in [0.2, 0.25) is 0 Å². The van der Waals surface area contributed by atoms with Crippen LogP contribution in [0.4, 0.5) is 4.39 Å². The number of carbonyl (C=O) groups is 1. The summed E-state index contributed by atoms with van der Waals surface area (Å²) in [4.78, 5) is 10.8. The minimum absolute atomic E-state index is 0.0180. The maximum absolute atomic E-state index is 13.3. The standard InChI is InChI=1S/C11H16FNO2/c1-13-4-3-8-6-11(15-2)10(12)5-9(8)7-14/h3-4,7-9,13H,5-6H2,1-2H3/b4-3-/t8-,9?/m0/s1. The Bertz CT molecular complexity index is 286. The minimum atomic E-state index is -0.302. The first-order valence-electron chi connectivity index (χ1n) is 4.93. The molecule has 0 aromatic carbocycles. The van der Waals surface area contributed by atoms with E-state index < -0.39 is 0 Å². The normalized spacial score (nSPS) is 26.9. The van der Waals surface area contributed by atoms with Crippen LogP contribution < -0.4 is 5.32 Å².